The second kappa shape index (κ2) is 9.38. The average Bonchev–Trinajstić information content (AvgIpc) is 2.67. The van der Waals surface area contributed by atoms with Crippen molar-refractivity contribution in [1.29, 1.82) is 0 Å². The summed E-state index contributed by atoms with van der Waals surface area (Å²) in [4.78, 5) is 12.4. The molecule has 0 saturated heterocycles. The van der Waals surface area contributed by atoms with E-state index in [1.807, 2.05) is 31.2 Å². The van der Waals surface area contributed by atoms with Crippen LogP contribution in [0.25, 0.3) is 6.08 Å². The number of methoxy groups -OCH3 is 1. The van der Waals surface area contributed by atoms with Crippen molar-refractivity contribution in [3.05, 3.63) is 54.1 Å². The van der Waals surface area contributed by atoms with E-state index in [-0.39, 0.29) is 10.6 Å². The summed E-state index contributed by atoms with van der Waals surface area (Å²) in [5.41, 5.74) is 1.02. The lowest BCUT2D eigenvalue weighted by Gasteiger charge is -2.14. The minimum absolute atomic E-state index is 0.0549. The Morgan fingerprint density at radius 3 is 2.50 bits per heavy atom. The molecule has 0 radical (unpaired) electrons. The van der Waals surface area contributed by atoms with E-state index >= 15 is 0 Å². The Morgan fingerprint density at radius 1 is 1.14 bits per heavy atom. The second-order valence-electron chi connectivity index (χ2n) is 5.94. The number of nitrogens with zero attached hydrogens (tertiary/aromatic N) is 1. The Hall–Kier alpha value is -2.84. The quantitative estimate of drug-likeness (QED) is 0.684. The first-order chi connectivity index (χ1) is 13.3. The minimum atomic E-state index is -3.64. The van der Waals surface area contributed by atoms with Crippen LogP contribution < -0.4 is 14.8 Å². The summed E-state index contributed by atoms with van der Waals surface area (Å²) in [6.07, 6.45) is 2.98. The minimum Gasteiger partial charge on any atom is -0.495 e. The van der Waals surface area contributed by atoms with Crippen LogP contribution in [-0.4, -0.2) is 46.4 Å². The third kappa shape index (κ3) is 5.11. The van der Waals surface area contributed by atoms with Crippen molar-refractivity contribution in [1.82, 2.24) is 4.31 Å². The fraction of sp³-hybridized carbons (Fsp3) is 0.250. The largest absolute Gasteiger partial charge is 0.495 e. The molecule has 2 rings (SSSR count). The fourth-order valence-electron chi connectivity index (χ4n) is 2.40. The van der Waals surface area contributed by atoms with Crippen molar-refractivity contribution < 1.29 is 22.7 Å². The summed E-state index contributed by atoms with van der Waals surface area (Å²) >= 11 is 0. The van der Waals surface area contributed by atoms with E-state index in [9.17, 15) is 13.2 Å². The number of rotatable bonds is 8. The number of nitrogens with one attached hydrogen (secondary N) is 1. The van der Waals surface area contributed by atoms with Crippen molar-refractivity contribution in [2.75, 3.05) is 33.1 Å². The lowest BCUT2D eigenvalue weighted by molar-refractivity contribution is -0.111. The van der Waals surface area contributed by atoms with Crippen LogP contribution in [-0.2, 0) is 14.8 Å². The standard InChI is InChI=1S/C20H24N2O5S/c1-5-27-18-9-7-6-8-15(18)10-13-20(23)21-17-14-16(11-12-19(17)26-4)28(24,25)22(2)3/h6-14H,5H2,1-4H3,(H,21,23). The Kier molecular flexibility index (Phi) is 7.19. The maximum Gasteiger partial charge on any atom is 0.248 e. The first-order valence-corrected chi connectivity index (χ1v) is 10.0. The number of carbonyl (C=O) groups is 1. The van der Waals surface area contributed by atoms with Crippen LogP contribution in [0.3, 0.4) is 0 Å². The summed E-state index contributed by atoms with van der Waals surface area (Å²) in [7, 11) is 0.690. The van der Waals surface area contributed by atoms with Gasteiger partial charge in [-0.25, -0.2) is 12.7 Å². The van der Waals surface area contributed by atoms with Crippen LogP contribution in [0.15, 0.2) is 53.4 Å². The molecule has 0 aliphatic carbocycles. The number of sulfonamides is 1. The Balaban J connectivity index is 2.26. The number of benzene rings is 2. The summed E-state index contributed by atoms with van der Waals surface area (Å²) in [6, 6.07) is 11.6. The first kappa shape index (κ1) is 21.5. The van der Waals surface area contributed by atoms with E-state index in [4.69, 9.17) is 9.47 Å². The zero-order valence-corrected chi connectivity index (χ0v) is 17.1. The first-order valence-electron chi connectivity index (χ1n) is 8.61. The number of amides is 1. The van der Waals surface area contributed by atoms with Crippen LogP contribution in [0.1, 0.15) is 12.5 Å². The summed E-state index contributed by atoms with van der Waals surface area (Å²) in [6.45, 7) is 2.40. The number of anilines is 1. The Morgan fingerprint density at radius 2 is 1.86 bits per heavy atom. The molecule has 2 aromatic carbocycles. The number of carbonyl (C=O) groups excluding carboxylic acids is 1. The lowest BCUT2D eigenvalue weighted by Crippen LogP contribution is -2.22. The number of ether oxygens (including phenoxy) is 2. The average molecular weight is 404 g/mol. The zero-order valence-electron chi connectivity index (χ0n) is 16.3. The predicted octanol–water partition coefficient (Wildman–Crippen LogP) is 3.00. The van der Waals surface area contributed by atoms with Crippen molar-refractivity contribution in [3.63, 3.8) is 0 Å². The molecule has 0 unspecified atom stereocenters. The van der Waals surface area contributed by atoms with Crippen LogP contribution in [0.4, 0.5) is 5.69 Å². The molecule has 28 heavy (non-hydrogen) atoms. The highest BCUT2D eigenvalue weighted by atomic mass is 32.2. The molecule has 0 aliphatic rings. The Bertz CT molecular complexity index is 968. The molecule has 0 heterocycles. The van der Waals surface area contributed by atoms with E-state index in [0.717, 1.165) is 9.87 Å². The highest BCUT2D eigenvalue weighted by Crippen LogP contribution is 2.28. The second-order valence-corrected chi connectivity index (χ2v) is 8.09. The molecule has 7 nitrogen and oxygen atoms in total. The van der Waals surface area contributed by atoms with E-state index in [0.29, 0.717) is 18.1 Å². The van der Waals surface area contributed by atoms with E-state index in [1.165, 1.54) is 45.5 Å². The number of hydrogen-bond donors (Lipinski definition) is 1. The smallest absolute Gasteiger partial charge is 0.248 e. The molecular weight excluding hydrogens is 380 g/mol. The molecule has 0 spiro atoms. The van der Waals surface area contributed by atoms with Crippen LogP contribution in [0.2, 0.25) is 0 Å². The molecule has 0 fully saturated rings. The van der Waals surface area contributed by atoms with Gasteiger partial charge >= 0.3 is 0 Å². The highest BCUT2D eigenvalue weighted by Gasteiger charge is 2.19. The number of hydrogen-bond acceptors (Lipinski definition) is 5. The van der Waals surface area contributed by atoms with Crippen molar-refractivity contribution >= 4 is 27.7 Å². The van der Waals surface area contributed by atoms with E-state index in [2.05, 4.69) is 5.32 Å². The molecular formula is C20H24N2O5S. The maximum absolute atomic E-state index is 12.4. The molecule has 8 heteroatoms. The van der Waals surface area contributed by atoms with Gasteiger partial charge < -0.3 is 14.8 Å². The van der Waals surface area contributed by atoms with Crippen molar-refractivity contribution in [2.24, 2.45) is 0 Å². The van der Waals surface area contributed by atoms with Crippen LogP contribution >= 0.6 is 0 Å². The van der Waals surface area contributed by atoms with Gasteiger partial charge in [-0.2, -0.15) is 0 Å². The van der Waals surface area contributed by atoms with Gasteiger partial charge in [-0.3, -0.25) is 4.79 Å². The topological polar surface area (TPSA) is 84.9 Å². The lowest BCUT2D eigenvalue weighted by atomic mass is 10.2. The fourth-order valence-corrected chi connectivity index (χ4v) is 3.33. The van der Waals surface area contributed by atoms with Gasteiger partial charge in [0.05, 0.1) is 24.3 Å². The molecule has 0 aromatic heterocycles. The van der Waals surface area contributed by atoms with Crippen LogP contribution in [0.5, 0.6) is 11.5 Å². The van der Waals surface area contributed by atoms with Gasteiger partial charge in [0.15, 0.2) is 0 Å². The third-order valence-electron chi connectivity index (χ3n) is 3.84. The molecule has 0 aliphatic heterocycles. The molecule has 0 saturated carbocycles. The number of para-hydroxylation sites is 1. The molecule has 0 bridgehead atoms. The van der Waals surface area contributed by atoms with Gasteiger partial charge in [0, 0.05) is 25.7 Å². The van der Waals surface area contributed by atoms with Crippen molar-refractivity contribution in [2.45, 2.75) is 11.8 Å². The highest BCUT2D eigenvalue weighted by molar-refractivity contribution is 7.89. The van der Waals surface area contributed by atoms with E-state index < -0.39 is 15.9 Å². The summed E-state index contributed by atoms with van der Waals surface area (Å²) in [5.74, 6) is 0.601. The summed E-state index contributed by atoms with van der Waals surface area (Å²) in [5, 5.41) is 2.66. The van der Waals surface area contributed by atoms with Gasteiger partial charge in [-0.15, -0.1) is 0 Å². The van der Waals surface area contributed by atoms with Gasteiger partial charge in [0.2, 0.25) is 15.9 Å². The van der Waals surface area contributed by atoms with Gasteiger partial charge in [0.25, 0.3) is 0 Å². The molecule has 1 N–H and O–H groups in total. The summed E-state index contributed by atoms with van der Waals surface area (Å²) < 4.78 is 36.5. The third-order valence-corrected chi connectivity index (χ3v) is 5.65. The molecule has 2 aromatic rings. The maximum atomic E-state index is 12.4. The van der Waals surface area contributed by atoms with Gasteiger partial charge in [-0.1, -0.05) is 18.2 Å². The predicted molar refractivity (Wildman–Crippen MR) is 109 cm³/mol. The molecule has 150 valence electrons. The normalized spacial score (nSPS) is 11.6. The van der Waals surface area contributed by atoms with Crippen LogP contribution in [0, 0.1) is 0 Å². The van der Waals surface area contributed by atoms with E-state index in [1.54, 1.807) is 6.08 Å². The monoisotopic (exact) mass is 404 g/mol. The van der Waals surface area contributed by atoms with Gasteiger partial charge in [0.1, 0.15) is 11.5 Å². The Labute approximate surface area is 165 Å². The zero-order chi connectivity index (χ0) is 20.7. The molecule has 1 amide bonds. The molecule has 0 atom stereocenters. The van der Waals surface area contributed by atoms with Crippen molar-refractivity contribution in [3.8, 4) is 11.5 Å². The van der Waals surface area contributed by atoms with Gasteiger partial charge in [-0.05, 0) is 37.3 Å². The SMILES string of the molecule is CCOc1ccccc1C=CC(=O)Nc1cc(S(=O)(=O)N(C)C)ccc1OC.